The van der Waals surface area contributed by atoms with Crippen molar-refractivity contribution >= 4 is 10.0 Å². The molecule has 6 heteroatoms. The summed E-state index contributed by atoms with van der Waals surface area (Å²) >= 11 is 0. The molecule has 2 rings (SSSR count). The van der Waals surface area contributed by atoms with Gasteiger partial charge < -0.3 is 5.73 Å². The van der Waals surface area contributed by atoms with Crippen LogP contribution in [0.1, 0.15) is 37.3 Å². The molecule has 1 atom stereocenters. The lowest BCUT2D eigenvalue weighted by Gasteiger charge is -2.31. The van der Waals surface area contributed by atoms with Gasteiger partial charge in [0.1, 0.15) is 5.82 Å². The van der Waals surface area contributed by atoms with E-state index in [2.05, 4.69) is 4.72 Å². The molecule has 0 aromatic heterocycles. The Labute approximate surface area is 119 Å². The highest BCUT2D eigenvalue weighted by Crippen LogP contribution is 2.30. The molecule has 1 aliphatic rings. The van der Waals surface area contributed by atoms with Crippen molar-refractivity contribution in [3.05, 3.63) is 29.1 Å². The molecule has 112 valence electrons. The second kappa shape index (κ2) is 5.79. The van der Waals surface area contributed by atoms with E-state index in [1.165, 1.54) is 19.1 Å². The maximum Gasteiger partial charge on any atom is 0.241 e. The van der Waals surface area contributed by atoms with E-state index in [0.29, 0.717) is 11.5 Å². The highest BCUT2D eigenvalue weighted by atomic mass is 32.2. The summed E-state index contributed by atoms with van der Waals surface area (Å²) in [6.45, 7) is 3.44. The molecule has 0 bridgehead atoms. The number of nitrogens with one attached hydrogen (secondary N) is 1. The van der Waals surface area contributed by atoms with Gasteiger partial charge in [-0.2, -0.15) is 0 Å². The van der Waals surface area contributed by atoms with Gasteiger partial charge in [-0.3, -0.25) is 0 Å². The number of benzene rings is 1. The van der Waals surface area contributed by atoms with Crippen LogP contribution < -0.4 is 10.5 Å². The summed E-state index contributed by atoms with van der Waals surface area (Å²) < 4.78 is 41.3. The van der Waals surface area contributed by atoms with E-state index in [0.717, 1.165) is 19.3 Å². The van der Waals surface area contributed by atoms with E-state index in [1.54, 1.807) is 0 Å². The maximum absolute atomic E-state index is 13.8. The quantitative estimate of drug-likeness (QED) is 0.874. The Morgan fingerprint density at radius 2 is 2.10 bits per heavy atom. The molecule has 0 amide bonds. The SMILES string of the molecule is Cc1c(F)cc(CN)cc1S(=O)(=O)NC(C)C1CCC1. The fourth-order valence-electron chi connectivity index (χ4n) is 2.45. The van der Waals surface area contributed by atoms with E-state index in [-0.39, 0.29) is 23.0 Å². The van der Waals surface area contributed by atoms with Gasteiger partial charge >= 0.3 is 0 Å². The van der Waals surface area contributed by atoms with Gasteiger partial charge in [-0.15, -0.1) is 0 Å². The average Bonchev–Trinajstić information content (AvgIpc) is 2.29. The molecule has 1 saturated carbocycles. The predicted octanol–water partition coefficient (Wildman–Crippen LogP) is 2.06. The summed E-state index contributed by atoms with van der Waals surface area (Å²) in [4.78, 5) is -0.0101. The number of hydrogen-bond acceptors (Lipinski definition) is 3. The zero-order chi connectivity index (χ0) is 14.9. The van der Waals surface area contributed by atoms with Gasteiger partial charge in [-0.05, 0) is 50.3 Å². The van der Waals surface area contributed by atoms with Crippen LogP contribution in [0.3, 0.4) is 0 Å². The highest BCUT2D eigenvalue weighted by Gasteiger charge is 2.29. The van der Waals surface area contributed by atoms with Crippen molar-refractivity contribution < 1.29 is 12.8 Å². The molecule has 4 nitrogen and oxygen atoms in total. The highest BCUT2D eigenvalue weighted by molar-refractivity contribution is 7.89. The predicted molar refractivity (Wildman–Crippen MR) is 76.2 cm³/mol. The van der Waals surface area contributed by atoms with Crippen molar-refractivity contribution in [1.82, 2.24) is 4.72 Å². The van der Waals surface area contributed by atoms with E-state index < -0.39 is 15.8 Å². The van der Waals surface area contributed by atoms with Crippen LogP contribution in [-0.2, 0) is 16.6 Å². The first-order valence-electron chi connectivity index (χ1n) is 6.86. The topological polar surface area (TPSA) is 72.2 Å². The summed E-state index contributed by atoms with van der Waals surface area (Å²) in [6, 6.07) is 2.61. The van der Waals surface area contributed by atoms with Gasteiger partial charge in [0.15, 0.2) is 0 Å². The molecule has 0 saturated heterocycles. The summed E-state index contributed by atoms with van der Waals surface area (Å²) in [5.74, 6) is -0.155. The zero-order valence-corrected chi connectivity index (χ0v) is 12.6. The number of rotatable bonds is 5. The third-order valence-corrected chi connectivity index (χ3v) is 5.76. The first-order chi connectivity index (χ1) is 9.35. The van der Waals surface area contributed by atoms with Crippen LogP contribution in [0.25, 0.3) is 0 Å². The van der Waals surface area contributed by atoms with Crippen molar-refractivity contribution in [2.24, 2.45) is 11.7 Å². The fraction of sp³-hybridized carbons (Fsp3) is 0.571. The molecule has 1 aromatic carbocycles. The lowest BCUT2D eigenvalue weighted by atomic mass is 9.81. The van der Waals surface area contributed by atoms with Gasteiger partial charge in [0, 0.05) is 18.2 Å². The molecule has 0 heterocycles. The molecule has 1 unspecified atom stereocenters. The Morgan fingerprint density at radius 3 is 2.60 bits per heavy atom. The number of nitrogens with two attached hydrogens (primary N) is 1. The molecule has 0 aliphatic heterocycles. The second-order valence-corrected chi connectivity index (χ2v) is 7.19. The van der Waals surface area contributed by atoms with Gasteiger partial charge in [-0.25, -0.2) is 17.5 Å². The van der Waals surface area contributed by atoms with Crippen molar-refractivity contribution in [3.63, 3.8) is 0 Å². The van der Waals surface area contributed by atoms with E-state index >= 15 is 0 Å². The number of sulfonamides is 1. The lowest BCUT2D eigenvalue weighted by molar-refractivity contribution is 0.260. The summed E-state index contributed by atoms with van der Waals surface area (Å²) in [5.41, 5.74) is 6.09. The Hall–Kier alpha value is -0.980. The molecule has 20 heavy (non-hydrogen) atoms. The van der Waals surface area contributed by atoms with Crippen LogP contribution in [0, 0.1) is 18.7 Å². The molecule has 3 N–H and O–H groups in total. The Bertz CT molecular complexity index is 597. The molecule has 0 radical (unpaired) electrons. The largest absolute Gasteiger partial charge is 0.326 e. The molecule has 1 aliphatic carbocycles. The van der Waals surface area contributed by atoms with Crippen molar-refractivity contribution in [2.45, 2.75) is 50.6 Å². The van der Waals surface area contributed by atoms with Crippen LogP contribution in [0.4, 0.5) is 4.39 Å². The minimum absolute atomic E-state index is 0.0101. The maximum atomic E-state index is 13.8. The van der Waals surface area contributed by atoms with Gasteiger partial charge in [0.25, 0.3) is 0 Å². The van der Waals surface area contributed by atoms with Crippen LogP contribution in [0.15, 0.2) is 17.0 Å². The lowest BCUT2D eigenvalue weighted by Crippen LogP contribution is -2.40. The number of halogens is 1. The zero-order valence-electron chi connectivity index (χ0n) is 11.8. The molecule has 0 spiro atoms. The molecular formula is C14H21FN2O2S. The van der Waals surface area contributed by atoms with Crippen molar-refractivity contribution in [3.8, 4) is 0 Å². The van der Waals surface area contributed by atoms with Crippen LogP contribution >= 0.6 is 0 Å². The van der Waals surface area contributed by atoms with Crippen LogP contribution in [-0.4, -0.2) is 14.5 Å². The second-order valence-electron chi connectivity index (χ2n) is 5.51. The minimum atomic E-state index is -3.71. The van der Waals surface area contributed by atoms with Crippen LogP contribution in [0.5, 0.6) is 0 Å². The normalized spacial score (nSPS) is 17.8. The minimum Gasteiger partial charge on any atom is -0.326 e. The van der Waals surface area contributed by atoms with Gasteiger partial charge in [-0.1, -0.05) is 6.42 Å². The first kappa shape index (κ1) is 15.4. The van der Waals surface area contributed by atoms with E-state index in [9.17, 15) is 12.8 Å². The molecular weight excluding hydrogens is 279 g/mol. The summed E-state index contributed by atoms with van der Waals surface area (Å²) in [7, 11) is -3.71. The van der Waals surface area contributed by atoms with Gasteiger partial charge in [0.2, 0.25) is 10.0 Å². The molecule has 1 aromatic rings. The first-order valence-corrected chi connectivity index (χ1v) is 8.35. The fourth-order valence-corrected chi connectivity index (χ4v) is 4.06. The third-order valence-electron chi connectivity index (χ3n) is 4.08. The summed E-state index contributed by atoms with van der Waals surface area (Å²) in [5, 5.41) is 0. The average molecular weight is 300 g/mol. The Kier molecular flexibility index (Phi) is 4.46. The smallest absolute Gasteiger partial charge is 0.241 e. The molecule has 1 fully saturated rings. The monoisotopic (exact) mass is 300 g/mol. The van der Waals surface area contributed by atoms with Crippen LogP contribution in [0.2, 0.25) is 0 Å². The van der Waals surface area contributed by atoms with Gasteiger partial charge in [0.05, 0.1) is 4.90 Å². The standard InChI is InChI=1S/C14H21FN2O2S/c1-9-13(15)6-11(8-16)7-14(9)20(18,19)17-10(2)12-4-3-5-12/h6-7,10,12,17H,3-5,8,16H2,1-2H3. The Morgan fingerprint density at radius 1 is 1.45 bits per heavy atom. The number of hydrogen-bond donors (Lipinski definition) is 2. The van der Waals surface area contributed by atoms with E-state index in [4.69, 9.17) is 5.73 Å². The van der Waals surface area contributed by atoms with Crippen molar-refractivity contribution in [1.29, 1.82) is 0 Å². The third kappa shape index (κ3) is 3.02. The van der Waals surface area contributed by atoms with E-state index in [1.807, 2.05) is 6.92 Å². The Balaban J connectivity index is 2.30. The van der Waals surface area contributed by atoms with Crippen molar-refractivity contribution in [2.75, 3.05) is 0 Å². The summed E-state index contributed by atoms with van der Waals surface area (Å²) in [6.07, 6.45) is 3.23.